The predicted molar refractivity (Wildman–Crippen MR) is 105 cm³/mol. The number of aliphatic hydroxyl groups excluding tert-OH is 1. The SMILES string of the molecule is CN1CC(=O)N(c2ccc(Cl)cc2)Cc2c1ncnc2N1CCC(O)CC1. The molecule has 3 heterocycles. The van der Waals surface area contributed by atoms with Crippen molar-refractivity contribution in [1.82, 2.24) is 9.97 Å². The lowest BCUT2D eigenvalue weighted by atomic mass is 10.1. The summed E-state index contributed by atoms with van der Waals surface area (Å²) in [5.41, 5.74) is 1.73. The van der Waals surface area contributed by atoms with Crippen molar-refractivity contribution in [2.75, 3.05) is 41.4 Å². The van der Waals surface area contributed by atoms with Crippen molar-refractivity contribution >= 4 is 34.8 Å². The molecular weight excluding hydrogens is 366 g/mol. The Balaban J connectivity index is 1.73. The number of carbonyl (C=O) groups excluding carboxylic acids is 1. The first-order chi connectivity index (χ1) is 13.0. The van der Waals surface area contributed by atoms with Gasteiger partial charge in [0, 0.05) is 30.8 Å². The molecule has 8 heteroatoms. The van der Waals surface area contributed by atoms with Crippen LogP contribution in [0.1, 0.15) is 18.4 Å². The van der Waals surface area contributed by atoms with E-state index in [1.807, 2.05) is 24.1 Å². The topological polar surface area (TPSA) is 72.8 Å². The van der Waals surface area contributed by atoms with E-state index >= 15 is 0 Å². The molecule has 27 heavy (non-hydrogen) atoms. The molecule has 0 aliphatic carbocycles. The van der Waals surface area contributed by atoms with Gasteiger partial charge in [-0.05, 0) is 37.1 Å². The largest absolute Gasteiger partial charge is 0.393 e. The maximum Gasteiger partial charge on any atom is 0.246 e. The maximum absolute atomic E-state index is 12.9. The van der Waals surface area contributed by atoms with Crippen LogP contribution in [-0.4, -0.2) is 53.8 Å². The molecule has 1 amide bonds. The third-order valence-corrected chi connectivity index (χ3v) is 5.41. The Morgan fingerprint density at radius 2 is 1.74 bits per heavy atom. The molecule has 142 valence electrons. The van der Waals surface area contributed by atoms with Gasteiger partial charge in [-0.15, -0.1) is 0 Å². The van der Waals surface area contributed by atoms with E-state index < -0.39 is 0 Å². The number of rotatable bonds is 2. The van der Waals surface area contributed by atoms with Crippen LogP contribution in [0.15, 0.2) is 30.6 Å². The van der Waals surface area contributed by atoms with E-state index in [1.165, 1.54) is 0 Å². The van der Waals surface area contributed by atoms with Crippen molar-refractivity contribution in [3.8, 4) is 0 Å². The van der Waals surface area contributed by atoms with E-state index in [0.717, 1.165) is 36.0 Å². The number of amides is 1. The number of hydrogen-bond donors (Lipinski definition) is 1. The molecule has 1 aromatic carbocycles. The number of aliphatic hydroxyl groups is 1. The molecule has 1 fully saturated rings. The van der Waals surface area contributed by atoms with Gasteiger partial charge in [0.25, 0.3) is 0 Å². The highest BCUT2D eigenvalue weighted by atomic mass is 35.5. The number of benzene rings is 1. The molecule has 2 aromatic rings. The van der Waals surface area contributed by atoms with E-state index in [4.69, 9.17) is 11.6 Å². The molecule has 1 N–H and O–H groups in total. The highest BCUT2D eigenvalue weighted by molar-refractivity contribution is 6.30. The first kappa shape index (κ1) is 18.0. The zero-order valence-electron chi connectivity index (χ0n) is 15.2. The van der Waals surface area contributed by atoms with Crippen LogP contribution in [0.2, 0.25) is 5.02 Å². The number of piperidine rings is 1. The van der Waals surface area contributed by atoms with Gasteiger partial charge < -0.3 is 19.8 Å². The molecule has 0 unspecified atom stereocenters. The molecular formula is C19H22ClN5O2. The van der Waals surface area contributed by atoms with E-state index in [1.54, 1.807) is 23.4 Å². The number of hydrogen-bond acceptors (Lipinski definition) is 6. The first-order valence-corrected chi connectivity index (χ1v) is 9.44. The average Bonchev–Trinajstić information content (AvgIpc) is 2.79. The van der Waals surface area contributed by atoms with Gasteiger partial charge in [-0.25, -0.2) is 9.97 Å². The number of fused-ring (bicyclic) bond motifs is 1. The van der Waals surface area contributed by atoms with Gasteiger partial charge in [0.15, 0.2) is 0 Å². The van der Waals surface area contributed by atoms with Crippen molar-refractivity contribution in [3.05, 3.63) is 41.2 Å². The highest BCUT2D eigenvalue weighted by Gasteiger charge is 2.30. The Hall–Kier alpha value is -2.38. The minimum Gasteiger partial charge on any atom is -0.393 e. The smallest absolute Gasteiger partial charge is 0.246 e. The third-order valence-electron chi connectivity index (χ3n) is 5.15. The summed E-state index contributed by atoms with van der Waals surface area (Å²) >= 11 is 6.00. The quantitative estimate of drug-likeness (QED) is 0.850. The zero-order chi connectivity index (χ0) is 19.0. The van der Waals surface area contributed by atoms with Crippen LogP contribution < -0.4 is 14.7 Å². The molecule has 2 aliphatic heterocycles. The van der Waals surface area contributed by atoms with Crippen LogP contribution in [0.25, 0.3) is 0 Å². The molecule has 0 radical (unpaired) electrons. The summed E-state index contributed by atoms with van der Waals surface area (Å²) in [5.74, 6) is 1.61. The molecule has 0 spiro atoms. The number of anilines is 3. The Bertz CT molecular complexity index is 836. The molecule has 0 atom stereocenters. The zero-order valence-corrected chi connectivity index (χ0v) is 15.9. The minimum atomic E-state index is -0.253. The summed E-state index contributed by atoms with van der Waals surface area (Å²) in [6.07, 6.45) is 2.73. The molecule has 1 aromatic heterocycles. The second-order valence-electron chi connectivity index (χ2n) is 7.03. The number of halogens is 1. The van der Waals surface area contributed by atoms with E-state index in [9.17, 15) is 9.90 Å². The van der Waals surface area contributed by atoms with Crippen molar-refractivity contribution in [2.24, 2.45) is 0 Å². The molecule has 0 bridgehead atoms. The van der Waals surface area contributed by atoms with Gasteiger partial charge in [0.2, 0.25) is 5.91 Å². The summed E-state index contributed by atoms with van der Waals surface area (Å²) < 4.78 is 0. The molecule has 1 saturated heterocycles. The van der Waals surface area contributed by atoms with E-state index in [0.29, 0.717) is 24.4 Å². The standard InChI is InChI=1S/C19H22ClN5O2/c1-23-11-17(27)25(14-4-2-13(20)3-5-14)10-16-18(23)21-12-22-19(16)24-8-6-15(26)7-9-24/h2-5,12,15,26H,6-11H2,1H3. The van der Waals surface area contributed by atoms with Crippen LogP contribution >= 0.6 is 11.6 Å². The first-order valence-electron chi connectivity index (χ1n) is 9.07. The van der Waals surface area contributed by atoms with Gasteiger partial charge in [-0.3, -0.25) is 4.79 Å². The van der Waals surface area contributed by atoms with Gasteiger partial charge in [0.1, 0.15) is 18.0 Å². The third kappa shape index (κ3) is 3.57. The number of nitrogens with zero attached hydrogens (tertiary/aromatic N) is 5. The Kier molecular flexibility index (Phi) is 4.88. The lowest BCUT2D eigenvalue weighted by molar-refractivity contribution is -0.117. The lowest BCUT2D eigenvalue weighted by Gasteiger charge is -2.32. The average molecular weight is 388 g/mol. The fourth-order valence-corrected chi connectivity index (χ4v) is 3.81. The van der Waals surface area contributed by atoms with Crippen LogP contribution in [0.5, 0.6) is 0 Å². The number of aromatic nitrogens is 2. The predicted octanol–water partition coefficient (Wildman–Crippen LogP) is 2.07. The van der Waals surface area contributed by atoms with E-state index in [-0.39, 0.29) is 18.6 Å². The minimum absolute atomic E-state index is 0.00200. The Morgan fingerprint density at radius 1 is 1.07 bits per heavy atom. The molecule has 7 nitrogen and oxygen atoms in total. The van der Waals surface area contributed by atoms with Crippen LogP contribution in [0.4, 0.5) is 17.3 Å². The van der Waals surface area contributed by atoms with Gasteiger partial charge in [-0.1, -0.05) is 11.6 Å². The second-order valence-corrected chi connectivity index (χ2v) is 7.47. The number of carbonyl (C=O) groups is 1. The van der Waals surface area contributed by atoms with Crippen LogP contribution in [0, 0.1) is 0 Å². The Morgan fingerprint density at radius 3 is 2.44 bits per heavy atom. The van der Waals surface area contributed by atoms with Gasteiger partial charge in [0.05, 0.1) is 24.8 Å². The molecule has 0 saturated carbocycles. The van der Waals surface area contributed by atoms with Crippen LogP contribution in [0.3, 0.4) is 0 Å². The fourth-order valence-electron chi connectivity index (χ4n) is 3.68. The summed E-state index contributed by atoms with van der Waals surface area (Å²) in [4.78, 5) is 27.6. The molecule has 4 rings (SSSR count). The second kappa shape index (κ2) is 7.32. The monoisotopic (exact) mass is 387 g/mol. The van der Waals surface area contributed by atoms with Crippen molar-refractivity contribution in [2.45, 2.75) is 25.5 Å². The lowest BCUT2D eigenvalue weighted by Crippen LogP contribution is -2.37. The van der Waals surface area contributed by atoms with Gasteiger partial charge in [-0.2, -0.15) is 0 Å². The summed E-state index contributed by atoms with van der Waals surface area (Å²) in [6.45, 7) is 2.12. The molecule has 2 aliphatic rings. The highest BCUT2D eigenvalue weighted by Crippen LogP contribution is 2.33. The normalized spacial score (nSPS) is 18.5. The van der Waals surface area contributed by atoms with E-state index in [2.05, 4.69) is 14.9 Å². The van der Waals surface area contributed by atoms with Crippen molar-refractivity contribution in [3.63, 3.8) is 0 Å². The van der Waals surface area contributed by atoms with Crippen molar-refractivity contribution < 1.29 is 9.90 Å². The van der Waals surface area contributed by atoms with Crippen LogP contribution in [-0.2, 0) is 11.3 Å². The Labute approximate surface area is 163 Å². The summed E-state index contributed by atoms with van der Waals surface area (Å²) in [6, 6.07) is 7.28. The summed E-state index contributed by atoms with van der Waals surface area (Å²) in [5, 5.41) is 10.4. The maximum atomic E-state index is 12.9. The summed E-state index contributed by atoms with van der Waals surface area (Å²) in [7, 11) is 1.87. The number of likely N-dealkylation sites (N-methyl/N-ethyl adjacent to an activating group) is 1. The van der Waals surface area contributed by atoms with Crippen molar-refractivity contribution in [1.29, 1.82) is 0 Å². The van der Waals surface area contributed by atoms with Gasteiger partial charge >= 0.3 is 0 Å². The fraction of sp³-hybridized carbons (Fsp3) is 0.421.